The Kier molecular flexibility index (Phi) is 4.50. The Bertz CT molecular complexity index is 783. The molecule has 2 heterocycles. The van der Waals surface area contributed by atoms with Crippen molar-refractivity contribution in [2.24, 2.45) is 0 Å². The first kappa shape index (κ1) is 16.0. The van der Waals surface area contributed by atoms with E-state index < -0.39 is 12.1 Å². The lowest BCUT2D eigenvalue weighted by Gasteiger charge is -2.18. The molecule has 1 aliphatic rings. The van der Waals surface area contributed by atoms with Crippen molar-refractivity contribution in [2.75, 3.05) is 13.6 Å². The van der Waals surface area contributed by atoms with Crippen LogP contribution in [0.1, 0.15) is 12.8 Å². The smallest absolute Gasteiger partial charge is 0.322 e. The van der Waals surface area contributed by atoms with Crippen LogP contribution in [0.25, 0.3) is 10.9 Å². The number of hydrogen-bond donors (Lipinski definition) is 2. The van der Waals surface area contributed by atoms with E-state index in [1.54, 1.807) is 11.9 Å². The quantitative estimate of drug-likeness (QED) is 0.779. The van der Waals surface area contributed by atoms with Crippen LogP contribution in [-0.2, 0) is 16.1 Å². The Hall–Kier alpha value is -2.83. The summed E-state index contributed by atoms with van der Waals surface area (Å²) < 4.78 is 2.11. The van der Waals surface area contributed by atoms with E-state index in [4.69, 9.17) is 0 Å². The molecule has 1 aliphatic heterocycles. The van der Waals surface area contributed by atoms with Crippen LogP contribution in [0.5, 0.6) is 0 Å². The zero-order valence-electron chi connectivity index (χ0n) is 13.5. The van der Waals surface area contributed by atoms with Crippen LogP contribution in [-0.4, -0.2) is 46.9 Å². The minimum Gasteiger partial charge on any atom is -0.346 e. The maximum atomic E-state index is 12.2. The number of nitrogens with one attached hydrogen (secondary N) is 2. The summed E-state index contributed by atoms with van der Waals surface area (Å²) in [5, 5.41) is 5.84. The molecule has 0 spiro atoms. The van der Waals surface area contributed by atoms with Gasteiger partial charge in [-0.1, -0.05) is 18.2 Å². The molecule has 0 saturated carbocycles. The highest BCUT2D eigenvalue weighted by Crippen LogP contribution is 2.15. The van der Waals surface area contributed by atoms with Gasteiger partial charge in [-0.2, -0.15) is 0 Å². The Balaban J connectivity index is 1.49. The van der Waals surface area contributed by atoms with Gasteiger partial charge in [0.05, 0.1) is 0 Å². The zero-order valence-corrected chi connectivity index (χ0v) is 13.5. The van der Waals surface area contributed by atoms with Gasteiger partial charge in [-0.05, 0) is 23.9 Å². The van der Waals surface area contributed by atoms with Crippen molar-refractivity contribution in [2.45, 2.75) is 25.4 Å². The number of imide groups is 1. The summed E-state index contributed by atoms with van der Waals surface area (Å²) in [6.45, 7) is 1.29. The van der Waals surface area contributed by atoms with Crippen LogP contribution in [0.3, 0.4) is 0 Å². The average Bonchev–Trinajstić information content (AvgIpc) is 3.13. The largest absolute Gasteiger partial charge is 0.346 e. The molecule has 1 aromatic heterocycles. The second-order valence-corrected chi connectivity index (χ2v) is 5.94. The van der Waals surface area contributed by atoms with E-state index in [0.29, 0.717) is 19.5 Å². The van der Waals surface area contributed by atoms with Gasteiger partial charge in [0.25, 0.3) is 5.91 Å². The second-order valence-electron chi connectivity index (χ2n) is 5.94. The summed E-state index contributed by atoms with van der Waals surface area (Å²) >= 11 is 0. The van der Waals surface area contributed by atoms with Gasteiger partial charge in [0, 0.05) is 38.3 Å². The lowest BCUT2D eigenvalue weighted by Crippen LogP contribution is -2.34. The Morgan fingerprint density at radius 2 is 2.04 bits per heavy atom. The highest BCUT2D eigenvalue weighted by atomic mass is 16.2. The third kappa shape index (κ3) is 3.40. The van der Waals surface area contributed by atoms with Crippen molar-refractivity contribution >= 4 is 28.7 Å². The first-order valence-corrected chi connectivity index (χ1v) is 7.94. The Morgan fingerprint density at radius 1 is 1.25 bits per heavy atom. The van der Waals surface area contributed by atoms with Crippen LogP contribution >= 0.6 is 0 Å². The Morgan fingerprint density at radius 3 is 2.79 bits per heavy atom. The predicted octanol–water partition coefficient (Wildman–Crippen LogP) is 1.09. The highest BCUT2D eigenvalue weighted by Gasteiger charge is 2.29. The molecular weight excluding hydrogens is 308 g/mol. The summed E-state index contributed by atoms with van der Waals surface area (Å²) in [5.41, 5.74) is 1.14. The van der Waals surface area contributed by atoms with Gasteiger partial charge >= 0.3 is 6.03 Å². The van der Waals surface area contributed by atoms with E-state index in [9.17, 15) is 14.4 Å². The number of nitrogens with zero attached hydrogens (tertiary/aromatic N) is 2. The number of benzene rings is 1. The van der Waals surface area contributed by atoms with E-state index in [-0.39, 0.29) is 18.2 Å². The molecule has 24 heavy (non-hydrogen) atoms. The predicted molar refractivity (Wildman–Crippen MR) is 89.3 cm³/mol. The van der Waals surface area contributed by atoms with Crippen molar-refractivity contribution in [1.29, 1.82) is 0 Å². The van der Waals surface area contributed by atoms with Crippen molar-refractivity contribution in [1.82, 2.24) is 20.1 Å². The van der Waals surface area contributed by atoms with Crippen molar-refractivity contribution in [3.8, 4) is 0 Å². The van der Waals surface area contributed by atoms with Gasteiger partial charge in [-0.25, -0.2) is 4.79 Å². The number of hydrogen-bond acceptors (Lipinski definition) is 3. The topological polar surface area (TPSA) is 83.4 Å². The summed E-state index contributed by atoms with van der Waals surface area (Å²) in [4.78, 5) is 36.3. The first-order chi connectivity index (χ1) is 11.5. The number of rotatable bonds is 6. The number of para-hydroxylation sites is 1. The number of fused-ring (bicyclic) bond motifs is 1. The van der Waals surface area contributed by atoms with Gasteiger partial charge in [-0.15, -0.1) is 0 Å². The van der Waals surface area contributed by atoms with E-state index in [0.717, 1.165) is 5.52 Å². The molecule has 2 N–H and O–H groups in total. The molecule has 0 unspecified atom stereocenters. The number of amides is 4. The number of carbonyl (C=O) groups excluding carboxylic acids is 3. The molecule has 7 nitrogen and oxygen atoms in total. The number of urea groups is 1. The number of carbonyl (C=O) groups is 3. The maximum Gasteiger partial charge on any atom is 0.322 e. The minimum absolute atomic E-state index is 0.0413. The molecule has 7 heteroatoms. The fraction of sp³-hybridized carbons (Fsp3) is 0.353. The molecule has 1 aromatic carbocycles. The van der Waals surface area contributed by atoms with Gasteiger partial charge in [0.2, 0.25) is 5.91 Å². The molecule has 0 bridgehead atoms. The molecule has 3 rings (SSSR count). The van der Waals surface area contributed by atoms with Crippen LogP contribution in [0.15, 0.2) is 36.5 Å². The third-order valence-electron chi connectivity index (χ3n) is 4.29. The number of aromatic nitrogens is 1. The van der Waals surface area contributed by atoms with Gasteiger partial charge in [0.1, 0.15) is 6.04 Å². The first-order valence-electron chi connectivity index (χ1n) is 7.94. The third-order valence-corrected chi connectivity index (χ3v) is 4.29. The lowest BCUT2D eigenvalue weighted by molar-refractivity contribution is -0.130. The molecule has 126 valence electrons. The summed E-state index contributed by atoms with van der Waals surface area (Å²) in [6.07, 6.45) is 2.55. The van der Waals surface area contributed by atoms with Crippen molar-refractivity contribution in [3.05, 3.63) is 36.5 Å². The summed E-state index contributed by atoms with van der Waals surface area (Å²) in [6, 6.07) is 9.06. The lowest BCUT2D eigenvalue weighted by atomic mass is 10.1. The second kappa shape index (κ2) is 6.74. The molecule has 4 amide bonds. The van der Waals surface area contributed by atoms with Crippen LogP contribution < -0.4 is 10.6 Å². The fourth-order valence-corrected chi connectivity index (χ4v) is 2.84. The summed E-state index contributed by atoms with van der Waals surface area (Å²) in [7, 11) is 1.75. The molecule has 1 fully saturated rings. The zero-order chi connectivity index (χ0) is 17.1. The SMILES string of the molecule is CN(CCn1ccc2ccccc21)C(=O)CC[C@@H]1NC(=O)NC1=O. The normalized spacial score (nSPS) is 17.0. The van der Waals surface area contributed by atoms with Gasteiger partial charge in [0.15, 0.2) is 0 Å². The minimum atomic E-state index is -0.608. The fourth-order valence-electron chi connectivity index (χ4n) is 2.84. The monoisotopic (exact) mass is 328 g/mol. The summed E-state index contributed by atoms with van der Waals surface area (Å²) in [5.74, 6) is -0.408. The molecular formula is C17H20N4O3. The molecule has 1 saturated heterocycles. The molecule has 0 radical (unpaired) electrons. The number of likely N-dealkylation sites (N-methyl/N-ethyl adjacent to an activating group) is 1. The van der Waals surface area contributed by atoms with Gasteiger partial charge in [-0.3, -0.25) is 14.9 Å². The molecule has 0 aliphatic carbocycles. The van der Waals surface area contributed by atoms with Gasteiger partial charge < -0.3 is 14.8 Å². The van der Waals surface area contributed by atoms with E-state index in [1.165, 1.54) is 5.39 Å². The van der Waals surface area contributed by atoms with Crippen LogP contribution in [0, 0.1) is 0 Å². The average molecular weight is 328 g/mol. The Labute approximate surface area is 139 Å². The standard InChI is InChI=1S/C17H20N4O3/c1-20(15(22)7-6-13-16(23)19-17(24)18-13)10-11-21-9-8-12-4-2-3-5-14(12)21/h2-5,8-9,13H,6-7,10-11H2,1H3,(H2,18,19,23,24)/t13-/m0/s1. The molecule has 2 aromatic rings. The molecule has 1 atom stereocenters. The maximum absolute atomic E-state index is 12.2. The van der Waals surface area contributed by atoms with E-state index in [1.807, 2.05) is 18.3 Å². The van der Waals surface area contributed by atoms with E-state index >= 15 is 0 Å². The highest BCUT2D eigenvalue weighted by molar-refractivity contribution is 6.04. The van der Waals surface area contributed by atoms with Crippen molar-refractivity contribution < 1.29 is 14.4 Å². The van der Waals surface area contributed by atoms with Crippen LogP contribution in [0.2, 0.25) is 0 Å². The van der Waals surface area contributed by atoms with Crippen molar-refractivity contribution in [3.63, 3.8) is 0 Å². The van der Waals surface area contributed by atoms with E-state index in [2.05, 4.69) is 33.4 Å². The van der Waals surface area contributed by atoms with Crippen LogP contribution in [0.4, 0.5) is 4.79 Å².